The van der Waals surface area contributed by atoms with Crippen LogP contribution in [0.4, 0.5) is 0 Å². The summed E-state index contributed by atoms with van der Waals surface area (Å²) in [7, 11) is 2.08. The van der Waals surface area contributed by atoms with Gasteiger partial charge in [-0.05, 0) is 26.3 Å². The molecule has 2 nitrogen and oxygen atoms in total. The van der Waals surface area contributed by atoms with E-state index < -0.39 is 0 Å². The third-order valence-electron chi connectivity index (χ3n) is 2.94. The number of hydrogen-bond donors (Lipinski definition) is 0. The van der Waals surface area contributed by atoms with Crippen LogP contribution < -0.4 is 0 Å². The lowest BCUT2D eigenvalue weighted by Crippen LogP contribution is -2.42. The molecule has 2 bridgehead atoms. The highest BCUT2D eigenvalue weighted by Crippen LogP contribution is 2.31. The van der Waals surface area contributed by atoms with Crippen molar-refractivity contribution in [2.45, 2.75) is 37.8 Å². The molecule has 2 aliphatic heterocycles. The quantitative estimate of drug-likeness (QED) is 0.495. The number of hydrogen-bond acceptors (Lipinski definition) is 2. The van der Waals surface area contributed by atoms with E-state index in [1.807, 2.05) is 0 Å². The van der Waals surface area contributed by atoms with Gasteiger partial charge in [-0.3, -0.25) is 9.69 Å². The van der Waals surface area contributed by atoms with Gasteiger partial charge in [0.1, 0.15) is 5.78 Å². The Morgan fingerprint density at radius 1 is 1.40 bits per heavy atom. The Hall–Kier alpha value is -0.370. The van der Waals surface area contributed by atoms with Crippen LogP contribution in [0.25, 0.3) is 0 Å². The summed E-state index contributed by atoms with van der Waals surface area (Å²) in [6.45, 7) is 0. The first kappa shape index (κ1) is 6.35. The van der Waals surface area contributed by atoms with Crippen LogP contribution in [-0.4, -0.2) is 29.8 Å². The van der Waals surface area contributed by atoms with Crippen molar-refractivity contribution in [2.24, 2.45) is 0 Å². The third-order valence-corrected chi connectivity index (χ3v) is 2.94. The molecule has 2 aliphatic rings. The molecule has 0 N–H and O–H groups in total. The van der Waals surface area contributed by atoms with Crippen molar-refractivity contribution in [2.75, 3.05) is 7.05 Å². The number of Topliss-reactive ketones (excluding diaryl/α,β-unsaturated/α-hetero) is 1. The minimum absolute atomic E-state index is 0.291. The molecule has 0 spiro atoms. The van der Waals surface area contributed by atoms with Gasteiger partial charge >= 0.3 is 0 Å². The van der Waals surface area contributed by atoms with Crippen LogP contribution in [0.2, 0.25) is 0 Å². The fraction of sp³-hybridized carbons (Fsp3) is 0.875. The number of likely N-dealkylation sites (N-methyl/N-ethyl adjacent to an activating group) is 1. The first-order valence-electron chi connectivity index (χ1n) is 4.03. The van der Waals surface area contributed by atoms with Crippen molar-refractivity contribution < 1.29 is 4.79 Å². The molecule has 2 rings (SSSR count). The summed E-state index contributed by atoms with van der Waals surface area (Å²) in [6, 6.07) is 1.02. The molecule has 0 aromatic heterocycles. The van der Waals surface area contributed by atoms with Crippen LogP contribution in [0, 0.1) is 0 Å². The topological polar surface area (TPSA) is 20.3 Å². The van der Waals surface area contributed by atoms with Gasteiger partial charge in [0.05, 0.1) is 6.04 Å². The average molecular weight is 139 g/mol. The van der Waals surface area contributed by atoms with Crippen molar-refractivity contribution in [1.82, 2.24) is 4.90 Å². The lowest BCUT2D eigenvalue weighted by molar-refractivity contribution is -0.125. The lowest BCUT2D eigenvalue weighted by Gasteiger charge is -2.29. The van der Waals surface area contributed by atoms with E-state index >= 15 is 0 Å². The zero-order chi connectivity index (χ0) is 7.14. The zero-order valence-corrected chi connectivity index (χ0v) is 6.34. The number of carbonyl (C=O) groups excluding carboxylic acids is 1. The molecular weight excluding hydrogens is 126 g/mol. The van der Waals surface area contributed by atoms with Crippen LogP contribution in [0.5, 0.6) is 0 Å². The van der Waals surface area contributed by atoms with Crippen molar-refractivity contribution in [1.29, 1.82) is 0 Å². The van der Waals surface area contributed by atoms with Gasteiger partial charge in [-0.2, -0.15) is 0 Å². The minimum atomic E-state index is 0.291. The molecule has 0 radical (unpaired) electrons. The number of fused-ring (bicyclic) bond motifs is 2. The molecule has 0 aliphatic carbocycles. The summed E-state index contributed by atoms with van der Waals surface area (Å²) in [5, 5.41) is 0. The predicted molar refractivity (Wildman–Crippen MR) is 38.8 cm³/mol. The van der Waals surface area contributed by atoms with Gasteiger partial charge in [0.25, 0.3) is 0 Å². The molecule has 2 heteroatoms. The summed E-state index contributed by atoms with van der Waals surface area (Å²) >= 11 is 0. The van der Waals surface area contributed by atoms with E-state index in [1.165, 1.54) is 6.42 Å². The SMILES string of the molecule is CN1[C@H]2CCC(=O)[C@@H]1CC2. The van der Waals surface area contributed by atoms with E-state index in [0.717, 1.165) is 25.3 Å². The maximum atomic E-state index is 11.2. The van der Waals surface area contributed by atoms with Gasteiger partial charge < -0.3 is 0 Å². The fourth-order valence-corrected chi connectivity index (χ4v) is 2.22. The number of rotatable bonds is 0. The van der Waals surface area contributed by atoms with Gasteiger partial charge in [0.2, 0.25) is 0 Å². The van der Waals surface area contributed by atoms with Gasteiger partial charge in [-0.15, -0.1) is 0 Å². The highest BCUT2D eigenvalue weighted by molar-refractivity contribution is 5.85. The van der Waals surface area contributed by atoms with E-state index in [2.05, 4.69) is 11.9 Å². The van der Waals surface area contributed by atoms with Crippen molar-refractivity contribution in [3.8, 4) is 0 Å². The highest BCUT2D eigenvalue weighted by atomic mass is 16.1. The third kappa shape index (κ3) is 0.717. The van der Waals surface area contributed by atoms with Gasteiger partial charge in [-0.1, -0.05) is 0 Å². The lowest BCUT2D eigenvalue weighted by atomic mass is 10.0. The molecule has 10 heavy (non-hydrogen) atoms. The Kier molecular flexibility index (Phi) is 1.31. The van der Waals surface area contributed by atoms with E-state index in [-0.39, 0.29) is 0 Å². The van der Waals surface area contributed by atoms with Crippen LogP contribution in [-0.2, 0) is 4.79 Å². The second kappa shape index (κ2) is 2.06. The predicted octanol–water partition coefficient (Wildman–Crippen LogP) is 0.812. The van der Waals surface area contributed by atoms with Gasteiger partial charge in [-0.25, -0.2) is 0 Å². The molecule has 2 heterocycles. The summed E-state index contributed by atoms with van der Waals surface area (Å²) in [5.74, 6) is 0.469. The first-order chi connectivity index (χ1) is 4.79. The monoisotopic (exact) mass is 139 g/mol. The average Bonchev–Trinajstić information content (AvgIpc) is 2.13. The Labute approximate surface area is 61.2 Å². The van der Waals surface area contributed by atoms with E-state index in [1.54, 1.807) is 0 Å². The summed E-state index contributed by atoms with van der Waals surface area (Å²) in [6.07, 6.45) is 4.29. The molecule has 0 amide bonds. The van der Waals surface area contributed by atoms with Gasteiger partial charge in [0.15, 0.2) is 0 Å². The van der Waals surface area contributed by atoms with Crippen LogP contribution in [0.3, 0.4) is 0 Å². The molecular formula is C8H13NO. The Balaban J connectivity index is 2.20. The zero-order valence-electron chi connectivity index (χ0n) is 6.34. The molecule has 0 unspecified atom stereocenters. The molecule has 2 fully saturated rings. The molecule has 56 valence electrons. The Bertz CT molecular complexity index is 167. The first-order valence-corrected chi connectivity index (χ1v) is 4.03. The molecule has 0 aromatic rings. The van der Waals surface area contributed by atoms with E-state index in [9.17, 15) is 4.79 Å². The molecule has 2 saturated heterocycles. The van der Waals surface area contributed by atoms with E-state index in [4.69, 9.17) is 0 Å². The van der Waals surface area contributed by atoms with Crippen molar-refractivity contribution in [3.05, 3.63) is 0 Å². The van der Waals surface area contributed by atoms with Crippen molar-refractivity contribution >= 4 is 5.78 Å². The maximum Gasteiger partial charge on any atom is 0.150 e. The van der Waals surface area contributed by atoms with Crippen LogP contribution >= 0.6 is 0 Å². The highest BCUT2D eigenvalue weighted by Gasteiger charge is 2.38. The summed E-state index contributed by atoms with van der Waals surface area (Å²) in [5.41, 5.74) is 0. The van der Waals surface area contributed by atoms with Crippen molar-refractivity contribution in [3.63, 3.8) is 0 Å². The fourth-order valence-electron chi connectivity index (χ4n) is 2.22. The molecule has 2 atom stereocenters. The Morgan fingerprint density at radius 3 is 2.90 bits per heavy atom. The normalized spacial score (nSPS) is 40.7. The second-order valence-corrected chi connectivity index (χ2v) is 3.42. The Morgan fingerprint density at radius 2 is 2.20 bits per heavy atom. The minimum Gasteiger partial charge on any atom is -0.298 e. The number of carbonyl (C=O) groups is 1. The van der Waals surface area contributed by atoms with Crippen LogP contribution in [0.15, 0.2) is 0 Å². The largest absolute Gasteiger partial charge is 0.298 e. The molecule has 0 saturated carbocycles. The van der Waals surface area contributed by atoms with Crippen LogP contribution in [0.1, 0.15) is 25.7 Å². The standard InChI is InChI=1S/C8H13NO/c1-9-6-2-4-7(9)8(10)5-3-6/h6-7H,2-5H2,1H3/t6-,7+/m1/s1. The number of ketones is 1. The number of piperidine rings is 1. The second-order valence-electron chi connectivity index (χ2n) is 3.42. The maximum absolute atomic E-state index is 11.2. The molecule has 0 aromatic carbocycles. The summed E-state index contributed by atoms with van der Waals surface area (Å²) in [4.78, 5) is 13.5. The van der Waals surface area contributed by atoms with E-state index in [0.29, 0.717) is 11.8 Å². The summed E-state index contributed by atoms with van der Waals surface area (Å²) < 4.78 is 0. The number of nitrogens with zero attached hydrogens (tertiary/aromatic N) is 1. The van der Waals surface area contributed by atoms with Gasteiger partial charge in [0, 0.05) is 12.5 Å². The smallest absolute Gasteiger partial charge is 0.150 e.